The molecule has 0 aliphatic carbocycles. The smallest absolute Gasteiger partial charge is 0.152 e. The van der Waals surface area contributed by atoms with Crippen LogP contribution in [0.15, 0.2) is 24.3 Å². The Kier molecular flexibility index (Phi) is 6.06. The summed E-state index contributed by atoms with van der Waals surface area (Å²) in [6, 6.07) is 8.22. The van der Waals surface area contributed by atoms with Crippen LogP contribution >= 0.6 is 0 Å². The van der Waals surface area contributed by atoms with Crippen LogP contribution in [0.25, 0.3) is 21.9 Å². The number of para-hydroxylation sites is 1. The van der Waals surface area contributed by atoms with Crippen LogP contribution in [0.2, 0.25) is 0 Å². The lowest BCUT2D eigenvalue weighted by Gasteiger charge is -2.15. The molecule has 2 aromatic heterocycles. The third-order valence-electron chi connectivity index (χ3n) is 4.95. The monoisotopic (exact) mass is 354 g/mol. The van der Waals surface area contributed by atoms with Gasteiger partial charge < -0.3 is 10.3 Å². The van der Waals surface area contributed by atoms with Gasteiger partial charge in [0.2, 0.25) is 0 Å². The number of nitrogens with zero attached hydrogens (tertiary/aromatic N) is 4. The SMILES string of the molecule is CCCCc1nc2c(N)nc3ccccc3c2n1CCCCN(C)NC. The van der Waals surface area contributed by atoms with Gasteiger partial charge in [-0.3, -0.25) is 5.43 Å². The summed E-state index contributed by atoms with van der Waals surface area (Å²) in [4.78, 5) is 9.44. The van der Waals surface area contributed by atoms with Crippen LogP contribution in [0.1, 0.15) is 38.4 Å². The summed E-state index contributed by atoms with van der Waals surface area (Å²) in [6.45, 7) is 4.20. The number of hydrogen-bond acceptors (Lipinski definition) is 5. The molecule has 0 amide bonds. The van der Waals surface area contributed by atoms with Crippen molar-refractivity contribution < 1.29 is 0 Å². The van der Waals surface area contributed by atoms with Crippen LogP contribution in [0.5, 0.6) is 0 Å². The molecule has 26 heavy (non-hydrogen) atoms. The summed E-state index contributed by atoms with van der Waals surface area (Å²) in [7, 11) is 4.02. The van der Waals surface area contributed by atoms with E-state index in [1.165, 1.54) is 0 Å². The number of nitrogen functional groups attached to an aromatic ring is 1. The summed E-state index contributed by atoms with van der Waals surface area (Å²) in [5.74, 6) is 1.67. The summed E-state index contributed by atoms with van der Waals surface area (Å²) in [6.07, 6.45) is 5.51. The summed E-state index contributed by atoms with van der Waals surface area (Å²) in [5.41, 5.74) is 12.3. The van der Waals surface area contributed by atoms with Gasteiger partial charge >= 0.3 is 0 Å². The zero-order chi connectivity index (χ0) is 18.5. The predicted octanol–water partition coefficient (Wildman–Crippen LogP) is 3.36. The van der Waals surface area contributed by atoms with Crippen LogP contribution in [-0.4, -0.2) is 40.2 Å². The van der Waals surface area contributed by atoms with Crippen LogP contribution in [0, 0.1) is 0 Å². The van der Waals surface area contributed by atoms with Crippen LogP contribution < -0.4 is 11.2 Å². The Labute approximate surface area is 155 Å². The van der Waals surface area contributed by atoms with Gasteiger partial charge in [0.05, 0.1) is 11.0 Å². The Balaban J connectivity index is 1.99. The van der Waals surface area contributed by atoms with E-state index in [1.54, 1.807) is 0 Å². The number of aromatic nitrogens is 3. The first-order valence-electron chi connectivity index (χ1n) is 9.57. The molecule has 0 aliphatic heterocycles. The molecule has 0 bridgehead atoms. The van der Waals surface area contributed by atoms with Crippen molar-refractivity contribution in [2.45, 2.75) is 45.6 Å². The van der Waals surface area contributed by atoms with Gasteiger partial charge in [-0.2, -0.15) is 0 Å². The number of rotatable bonds is 9. The first kappa shape index (κ1) is 18.6. The van der Waals surface area contributed by atoms with Gasteiger partial charge in [-0.15, -0.1) is 0 Å². The number of benzene rings is 1. The molecule has 6 nitrogen and oxygen atoms in total. The minimum absolute atomic E-state index is 0.533. The molecule has 0 aliphatic rings. The highest BCUT2D eigenvalue weighted by Gasteiger charge is 2.16. The van der Waals surface area contributed by atoms with Crippen molar-refractivity contribution in [1.29, 1.82) is 0 Å². The van der Waals surface area contributed by atoms with E-state index in [4.69, 9.17) is 10.7 Å². The molecular formula is C20H30N6. The fraction of sp³-hybridized carbons (Fsp3) is 0.500. The van der Waals surface area contributed by atoms with Gasteiger partial charge in [0.15, 0.2) is 5.82 Å². The van der Waals surface area contributed by atoms with Crippen LogP contribution in [0.4, 0.5) is 5.82 Å². The molecule has 0 spiro atoms. The quantitative estimate of drug-likeness (QED) is 0.455. The normalized spacial score (nSPS) is 11.8. The van der Waals surface area contributed by atoms with Gasteiger partial charge in [-0.1, -0.05) is 31.5 Å². The molecule has 0 saturated carbocycles. The first-order valence-corrected chi connectivity index (χ1v) is 9.57. The Morgan fingerprint density at radius 2 is 1.96 bits per heavy atom. The van der Waals surface area contributed by atoms with E-state index in [1.807, 2.05) is 19.2 Å². The molecular weight excluding hydrogens is 324 g/mol. The van der Waals surface area contributed by atoms with E-state index < -0.39 is 0 Å². The number of nitrogens with two attached hydrogens (primary N) is 1. The molecule has 0 unspecified atom stereocenters. The van der Waals surface area contributed by atoms with Gasteiger partial charge in [0.1, 0.15) is 11.3 Å². The predicted molar refractivity (Wildman–Crippen MR) is 109 cm³/mol. The molecule has 0 atom stereocenters. The molecule has 3 aromatic rings. The highest BCUT2D eigenvalue weighted by atomic mass is 15.5. The van der Waals surface area contributed by atoms with Gasteiger partial charge in [-0.25, -0.2) is 15.0 Å². The highest BCUT2D eigenvalue weighted by molar-refractivity contribution is 6.06. The molecule has 0 radical (unpaired) electrons. The van der Waals surface area contributed by atoms with E-state index >= 15 is 0 Å². The largest absolute Gasteiger partial charge is 0.382 e. The lowest BCUT2D eigenvalue weighted by Crippen LogP contribution is -2.31. The molecule has 140 valence electrons. The lowest BCUT2D eigenvalue weighted by atomic mass is 10.2. The van der Waals surface area contributed by atoms with Crippen molar-refractivity contribution in [3.8, 4) is 0 Å². The Morgan fingerprint density at radius 3 is 2.73 bits per heavy atom. The number of hydrazine groups is 1. The molecule has 3 rings (SSSR count). The van der Waals surface area contributed by atoms with Crippen molar-refractivity contribution in [3.05, 3.63) is 30.1 Å². The summed E-state index contributed by atoms with van der Waals surface area (Å²) in [5, 5.41) is 3.25. The highest BCUT2D eigenvalue weighted by Crippen LogP contribution is 2.29. The number of anilines is 1. The second-order valence-corrected chi connectivity index (χ2v) is 6.85. The van der Waals surface area contributed by atoms with E-state index in [9.17, 15) is 0 Å². The topological polar surface area (TPSA) is 72.0 Å². The zero-order valence-corrected chi connectivity index (χ0v) is 16.1. The van der Waals surface area contributed by atoms with Crippen LogP contribution in [0.3, 0.4) is 0 Å². The Bertz CT molecular complexity index is 869. The first-order chi connectivity index (χ1) is 12.7. The van der Waals surface area contributed by atoms with Crippen molar-refractivity contribution >= 4 is 27.8 Å². The lowest BCUT2D eigenvalue weighted by molar-refractivity contribution is 0.253. The number of aryl methyl sites for hydroxylation is 2. The summed E-state index contributed by atoms with van der Waals surface area (Å²) < 4.78 is 2.38. The second-order valence-electron chi connectivity index (χ2n) is 6.85. The molecule has 0 saturated heterocycles. The average Bonchev–Trinajstić information content (AvgIpc) is 3.02. The van der Waals surface area contributed by atoms with Gasteiger partial charge in [0.25, 0.3) is 0 Å². The standard InChI is InChI=1S/C20H30N6/c1-4-5-12-17-24-18-19(26(17)14-9-8-13-25(3)22-2)15-10-6-7-11-16(15)23-20(18)21/h6-7,10-11,22H,4-5,8-9,12-14H2,1-3H3,(H2,21,23). The molecule has 6 heteroatoms. The van der Waals surface area contributed by atoms with Crippen molar-refractivity contribution in [1.82, 2.24) is 25.0 Å². The van der Waals surface area contributed by atoms with Gasteiger partial charge in [0, 0.05) is 31.9 Å². The van der Waals surface area contributed by atoms with Crippen molar-refractivity contribution in [3.63, 3.8) is 0 Å². The minimum atomic E-state index is 0.533. The van der Waals surface area contributed by atoms with E-state index in [-0.39, 0.29) is 0 Å². The van der Waals surface area contributed by atoms with Crippen LogP contribution in [-0.2, 0) is 13.0 Å². The summed E-state index contributed by atoms with van der Waals surface area (Å²) >= 11 is 0. The molecule has 3 N–H and O–H groups in total. The number of nitrogens with one attached hydrogen (secondary N) is 1. The molecule has 1 aromatic carbocycles. The average molecular weight is 355 g/mol. The third kappa shape index (κ3) is 3.81. The number of hydrogen-bond donors (Lipinski definition) is 2. The number of unbranched alkanes of at least 4 members (excludes halogenated alkanes) is 2. The third-order valence-corrected chi connectivity index (χ3v) is 4.95. The van der Waals surface area contributed by atoms with Crippen molar-refractivity contribution in [2.75, 3.05) is 26.4 Å². The van der Waals surface area contributed by atoms with E-state index in [2.05, 4.69) is 46.1 Å². The zero-order valence-electron chi connectivity index (χ0n) is 16.1. The maximum absolute atomic E-state index is 6.24. The fourth-order valence-corrected chi connectivity index (χ4v) is 3.40. The maximum atomic E-state index is 6.24. The Hall–Kier alpha value is -2.18. The van der Waals surface area contributed by atoms with Crippen molar-refractivity contribution in [2.24, 2.45) is 0 Å². The molecule has 0 fully saturated rings. The van der Waals surface area contributed by atoms with E-state index in [0.29, 0.717) is 5.82 Å². The maximum Gasteiger partial charge on any atom is 0.152 e. The second kappa shape index (κ2) is 8.47. The number of imidazole rings is 1. The van der Waals surface area contributed by atoms with E-state index in [0.717, 1.165) is 73.0 Å². The van der Waals surface area contributed by atoms with Gasteiger partial charge in [-0.05, 0) is 32.4 Å². The number of fused-ring (bicyclic) bond motifs is 3. The fourth-order valence-electron chi connectivity index (χ4n) is 3.40. The minimum Gasteiger partial charge on any atom is -0.382 e. The number of pyridine rings is 1. The molecule has 2 heterocycles. The Morgan fingerprint density at radius 1 is 1.15 bits per heavy atom.